The summed E-state index contributed by atoms with van der Waals surface area (Å²) in [6.45, 7) is 3.08. The van der Waals surface area contributed by atoms with Gasteiger partial charge in [0, 0.05) is 31.4 Å². The van der Waals surface area contributed by atoms with E-state index in [1.165, 1.54) is 0 Å². The molecule has 2 amide bonds. The predicted molar refractivity (Wildman–Crippen MR) is 135 cm³/mol. The number of carbonyl (C=O) groups excluding carboxylic acids is 2. The van der Waals surface area contributed by atoms with Gasteiger partial charge >= 0.3 is 0 Å². The second kappa shape index (κ2) is 10.0. The lowest BCUT2D eigenvalue weighted by Crippen LogP contribution is -2.43. The first kappa shape index (κ1) is 22.7. The molecule has 0 aliphatic carbocycles. The summed E-state index contributed by atoms with van der Waals surface area (Å²) >= 11 is 0. The maximum Gasteiger partial charge on any atom is 0.259 e. The molecule has 4 aromatic rings. The van der Waals surface area contributed by atoms with Crippen LogP contribution in [0.25, 0.3) is 11.5 Å². The molecular formula is C28H29N5O2. The van der Waals surface area contributed by atoms with Gasteiger partial charge in [-0.2, -0.15) is 5.10 Å². The second-order valence-corrected chi connectivity index (χ2v) is 8.93. The monoisotopic (exact) mass is 467 g/mol. The van der Waals surface area contributed by atoms with E-state index in [-0.39, 0.29) is 23.8 Å². The van der Waals surface area contributed by atoms with Crippen molar-refractivity contribution >= 4 is 11.8 Å². The Morgan fingerprint density at radius 1 is 0.914 bits per heavy atom. The molecule has 1 fully saturated rings. The molecule has 0 saturated carbocycles. The molecule has 7 nitrogen and oxygen atoms in total. The summed E-state index contributed by atoms with van der Waals surface area (Å²) in [5.74, 6) is 0.606. The van der Waals surface area contributed by atoms with E-state index < -0.39 is 0 Å². The van der Waals surface area contributed by atoms with Crippen molar-refractivity contribution in [2.24, 2.45) is 5.92 Å². The molecule has 35 heavy (non-hydrogen) atoms. The van der Waals surface area contributed by atoms with E-state index in [1.807, 2.05) is 102 Å². The number of para-hydroxylation sites is 1. The van der Waals surface area contributed by atoms with Crippen LogP contribution in [0, 0.1) is 5.92 Å². The third-order valence-electron chi connectivity index (χ3n) is 6.64. The molecule has 0 radical (unpaired) electrons. The zero-order valence-electron chi connectivity index (χ0n) is 19.7. The number of hydrogen-bond acceptors (Lipinski definition) is 3. The van der Waals surface area contributed by atoms with Crippen LogP contribution in [0.1, 0.15) is 41.7 Å². The second-order valence-electron chi connectivity index (χ2n) is 8.93. The van der Waals surface area contributed by atoms with Gasteiger partial charge in [0.2, 0.25) is 5.91 Å². The first-order valence-electron chi connectivity index (χ1n) is 12.0. The predicted octanol–water partition coefficient (Wildman–Crippen LogP) is 4.39. The molecule has 0 unspecified atom stereocenters. The number of nitrogens with one attached hydrogen (secondary N) is 1. The van der Waals surface area contributed by atoms with Crippen LogP contribution in [0.15, 0.2) is 91.4 Å². The van der Waals surface area contributed by atoms with Gasteiger partial charge in [-0.25, -0.2) is 4.68 Å². The lowest BCUT2D eigenvalue weighted by atomic mass is 9.94. The molecule has 2 aromatic heterocycles. The van der Waals surface area contributed by atoms with Crippen molar-refractivity contribution in [1.29, 1.82) is 0 Å². The summed E-state index contributed by atoms with van der Waals surface area (Å²) < 4.78 is 3.71. The molecule has 1 atom stereocenters. The molecule has 1 saturated heterocycles. The number of benzene rings is 2. The van der Waals surface area contributed by atoms with Crippen molar-refractivity contribution in [3.8, 4) is 11.5 Å². The van der Waals surface area contributed by atoms with Crippen molar-refractivity contribution in [3.05, 3.63) is 103 Å². The quantitative estimate of drug-likeness (QED) is 0.457. The summed E-state index contributed by atoms with van der Waals surface area (Å²) in [7, 11) is 0. The van der Waals surface area contributed by atoms with Gasteiger partial charge in [-0.15, -0.1) is 0 Å². The Bertz CT molecular complexity index is 1270. The molecule has 0 spiro atoms. The molecule has 1 aliphatic heterocycles. The van der Waals surface area contributed by atoms with Crippen molar-refractivity contribution in [3.63, 3.8) is 0 Å². The summed E-state index contributed by atoms with van der Waals surface area (Å²) in [5, 5.41) is 7.68. The Morgan fingerprint density at radius 3 is 2.20 bits per heavy atom. The summed E-state index contributed by atoms with van der Waals surface area (Å²) in [6, 6.07) is 23.6. The van der Waals surface area contributed by atoms with Crippen molar-refractivity contribution in [1.82, 2.24) is 24.6 Å². The summed E-state index contributed by atoms with van der Waals surface area (Å²) in [4.78, 5) is 28.3. The molecule has 3 heterocycles. The van der Waals surface area contributed by atoms with E-state index >= 15 is 0 Å². The van der Waals surface area contributed by atoms with Crippen LogP contribution in [0.5, 0.6) is 0 Å². The van der Waals surface area contributed by atoms with Gasteiger partial charge in [0.15, 0.2) is 5.82 Å². The Morgan fingerprint density at radius 2 is 1.54 bits per heavy atom. The number of hydrogen-bond donors (Lipinski definition) is 1. The smallest absolute Gasteiger partial charge is 0.259 e. The van der Waals surface area contributed by atoms with Gasteiger partial charge in [-0.1, -0.05) is 48.5 Å². The average Bonchev–Trinajstić information content (AvgIpc) is 3.59. The number of piperidine rings is 1. The minimum atomic E-state index is -0.0961. The fraction of sp³-hybridized carbons (Fsp3) is 0.250. The van der Waals surface area contributed by atoms with Crippen molar-refractivity contribution in [2.75, 3.05) is 13.1 Å². The molecule has 1 N–H and O–H groups in total. The molecule has 2 aromatic carbocycles. The minimum absolute atomic E-state index is 0.0451. The molecule has 5 rings (SSSR count). The fourth-order valence-electron chi connectivity index (χ4n) is 4.65. The SMILES string of the molecule is C[C@@H](NC(=O)C1CCN(C(=O)c2cnn(-c3ccccc3)c2-n2cccc2)CC1)c1ccccc1. The number of rotatable bonds is 6. The average molecular weight is 468 g/mol. The van der Waals surface area contributed by atoms with Crippen LogP contribution >= 0.6 is 0 Å². The summed E-state index contributed by atoms with van der Waals surface area (Å²) in [5.41, 5.74) is 2.52. The molecule has 7 heteroatoms. The van der Waals surface area contributed by atoms with Gasteiger partial charge in [0.05, 0.1) is 17.9 Å². The Labute approximate surface area is 205 Å². The number of carbonyl (C=O) groups is 2. The fourth-order valence-corrected chi connectivity index (χ4v) is 4.65. The Kier molecular flexibility index (Phi) is 6.48. The summed E-state index contributed by atoms with van der Waals surface area (Å²) in [6.07, 6.45) is 6.76. The highest BCUT2D eigenvalue weighted by Gasteiger charge is 2.31. The third kappa shape index (κ3) is 4.75. The topological polar surface area (TPSA) is 72.2 Å². The van der Waals surface area contributed by atoms with Crippen LogP contribution in [0.4, 0.5) is 0 Å². The van der Waals surface area contributed by atoms with E-state index in [1.54, 1.807) is 10.9 Å². The van der Waals surface area contributed by atoms with Crippen LogP contribution in [0.3, 0.4) is 0 Å². The zero-order chi connectivity index (χ0) is 24.2. The van der Waals surface area contributed by atoms with Gasteiger partial charge in [-0.05, 0) is 49.6 Å². The van der Waals surface area contributed by atoms with Gasteiger partial charge < -0.3 is 14.8 Å². The normalized spacial score (nSPS) is 15.1. The van der Waals surface area contributed by atoms with Gasteiger partial charge in [-0.3, -0.25) is 9.59 Å². The van der Waals surface area contributed by atoms with Crippen LogP contribution in [-0.4, -0.2) is 44.2 Å². The first-order valence-corrected chi connectivity index (χ1v) is 12.0. The number of aromatic nitrogens is 3. The van der Waals surface area contributed by atoms with Crippen molar-refractivity contribution in [2.45, 2.75) is 25.8 Å². The number of nitrogens with zero attached hydrogens (tertiary/aromatic N) is 4. The highest BCUT2D eigenvalue weighted by atomic mass is 16.2. The maximum atomic E-state index is 13.6. The molecular weight excluding hydrogens is 438 g/mol. The zero-order valence-corrected chi connectivity index (χ0v) is 19.7. The maximum absolute atomic E-state index is 13.6. The van der Waals surface area contributed by atoms with E-state index in [0.717, 1.165) is 11.3 Å². The number of likely N-dealkylation sites (tertiary alicyclic amines) is 1. The van der Waals surface area contributed by atoms with E-state index in [2.05, 4.69) is 10.4 Å². The standard InChI is InChI=1S/C28H29N5O2/c1-21(22-10-4-2-5-11-22)30-26(34)23-14-18-32(19-15-23)28(35)25-20-29-33(24-12-6-3-7-13-24)27(25)31-16-8-9-17-31/h2-13,16-17,20-21,23H,14-15,18-19H2,1H3,(H,30,34)/t21-/m1/s1. The van der Waals surface area contributed by atoms with E-state index in [4.69, 9.17) is 0 Å². The Hall–Kier alpha value is -4.13. The Balaban J connectivity index is 1.28. The lowest BCUT2D eigenvalue weighted by Gasteiger charge is -2.32. The first-order chi connectivity index (χ1) is 17.1. The van der Waals surface area contributed by atoms with Crippen molar-refractivity contribution < 1.29 is 9.59 Å². The van der Waals surface area contributed by atoms with Crippen LogP contribution < -0.4 is 5.32 Å². The lowest BCUT2D eigenvalue weighted by molar-refractivity contribution is -0.127. The van der Waals surface area contributed by atoms with Crippen LogP contribution in [-0.2, 0) is 4.79 Å². The van der Waals surface area contributed by atoms with E-state index in [0.29, 0.717) is 37.3 Å². The number of amides is 2. The van der Waals surface area contributed by atoms with Gasteiger partial charge in [0.1, 0.15) is 5.56 Å². The minimum Gasteiger partial charge on any atom is -0.349 e. The van der Waals surface area contributed by atoms with Crippen LogP contribution in [0.2, 0.25) is 0 Å². The van der Waals surface area contributed by atoms with E-state index in [9.17, 15) is 9.59 Å². The third-order valence-corrected chi connectivity index (χ3v) is 6.64. The largest absolute Gasteiger partial charge is 0.349 e. The molecule has 0 bridgehead atoms. The molecule has 1 aliphatic rings. The molecule has 178 valence electrons. The highest BCUT2D eigenvalue weighted by molar-refractivity contribution is 5.97. The van der Waals surface area contributed by atoms with Gasteiger partial charge in [0.25, 0.3) is 5.91 Å². The highest BCUT2D eigenvalue weighted by Crippen LogP contribution is 2.25.